The highest BCUT2D eigenvalue weighted by Crippen LogP contribution is 2.26. The quantitative estimate of drug-likeness (QED) is 0.642. The Morgan fingerprint density at radius 3 is 2.65 bits per heavy atom. The molecule has 0 heterocycles. The Hall–Kier alpha value is -1.88. The van der Waals surface area contributed by atoms with Gasteiger partial charge in [-0.2, -0.15) is 0 Å². The van der Waals surface area contributed by atoms with E-state index in [4.69, 9.17) is 0 Å². The largest absolute Gasteiger partial charge is 0.378 e. The van der Waals surface area contributed by atoms with Crippen LogP contribution in [0.3, 0.4) is 0 Å². The van der Waals surface area contributed by atoms with Gasteiger partial charge in [-0.25, -0.2) is 0 Å². The number of non-ortho nitro benzene ring substituents is 1. The van der Waals surface area contributed by atoms with Crippen molar-refractivity contribution in [3.63, 3.8) is 0 Å². The summed E-state index contributed by atoms with van der Waals surface area (Å²) in [5, 5.41) is 14.2. The maximum Gasteiger partial charge on any atom is 0.269 e. The molecular formula is C15H15BrN2O2. The number of halogens is 1. The molecule has 0 aliphatic rings. The van der Waals surface area contributed by atoms with E-state index in [1.54, 1.807) is 12.1 Å². The van der Waals surface area contributed by atoms with E-state index >= 15 is 0 Å². The van der Waals surface area contributed by atoms with E-state index in [1.165, 1.54) is 6.07 Å². The summed E-state index contributed by atoms with van der Waals surface area (Å²) in [6, 6.07) is 12.7. The van der Waals surface area contributed by atoms with Gasteiger partial charge in [0.15, 0.2) is 0 Å². The topological polar surface area (TPSA) is 55.2 Å². The van der Waals surface area contributed by atoms with Crippen molar-refractivity contribution in [2.24, 2.45) is 0 Å². The number of anilines is 1. The second kappa shape index (κ2) is 6.05. The fraction of sp³-hybridized carbons (Fsp3) is 0.200. The van der Waals surface area contributed by atoms with Crippen molar-refractivity contribution in [2.75, 3.05) is 5.32 Å². The molecule has 2 rings (SSSR count). The van der Waals surface area contributed by atoms with Gasteiger partial charge in [-0.05, 0) is 43.2 Å². The molecule has 1 atom stereocenters. The van der Waals surface area contributed by atoms with Crippen LogP contribution in [0.1, 0.15) is 24.1 Å². The minimum atomic E-state index is -0.374. The number of hydrogen-bond donors (Lipinski definition) is 1. The van der Waals surface area contributed by atoms with Gasteiger partial charge in [0, 0.05) is 28.3 Å². The van der Waals surface area contributed by atoms with Gasteiger partial charge >= 0.3 is 0 Å². The number of aryl methyl sites for hydroxylation is 1. The van der Waals surface area contributed by atoms with Crippen LogP contribution >= 0.6 is 15.9 Å². The molecule has 2 aromatic carbocycles. The van der Waals surface area contributed by atoms with Crippen molar-refractivity contribution in [1.82, 2.24) is 0 Å². The van der Waals surface area contributed by atoms with E-state index in [9.17, 15) is 10.1 Å². The molecule has 1 unspecified atom stereocenters. The first-order valence-corrected chi connectivity index (χ1v) is 7.03. The zero-order valence-corrected chi connectivity index (χ0v) is 12.8. The third-order valence-electron chi connectivity index (χ3n) is 3.14. The first kappa shape index (κ1) is 14.5. The van der Waals surface area contributed by atoms with Crippen LogP contribution in [0.2, 0.25) is 0 Å². The minimum Gasteiger partial charge on any atom is -0.378 e. The second-order valence-corrected chi connectivity index (χ2v) is 5.59. The van der Waals surface area contributed by atoms with Crippen LogP contribution in [0.5, 0.6) is 0 Å². The molecule has 2 aromatic rings. The lowest BCUT2D eigenvalue weighted by atomic mass is 10.1. The van der Waals surface area contributed by atoms with E-state index in [1.807, 2.05) is 38.1 Å². The number of rotatable bonds is 4. The average Bonchev–Trinajstić information content (AvgIpc) is 2.42. The Kier molecular flexibility index (Phi) is 4.39. The van der Waals surface area contributed by atoms with Crippen LogP contribution in [0.4, 0.5) is 11.4 Å². The number of benzene rings is 2. The summed E-state index contributed by atoms with van der Waals surface area (Å²) in [4.78, 5) is 10.4. The average molecular weight is 335 g/mol. The highest BCUT2D eigenvalue weighted by Gasteiger charge is 2.11. The van der Waals surface area contributed by atoms with Crippen LogP contribution in [0.25, 0.3) is 0 Å². The summed E-state index contributed by atoms with van der Waals surface area (Å²) in [5.74, 6) is 0. The molecule has 0 saturated heterocycles. The van der Waals surface area contributed by atoms with Gasteiger partial charge < -0.3 is 5.32 Å². The van der Waals surface area contributed by atoms with Crippen LogP contribution < -0.4 is 5.32 Å². The van der Waals surface area contributed by atoms with Crippen LogP contribution in [-0.4, -0.2) is 4.92 Å². The maximum absolute atomic E-state index is 10.8. The molecule has 0 aromatic heterocycles. The second-order valence-electron chi connectivity index (χ2n) is 4.68. The molecule has 0 amide bonds. The van der Waals surface area contributed by atoms with Gasteiger partial charge in [-0.15, -0.1) is 0 Å². The van der Waals surface area contributed by atoms with Gasteiger partial charge in [-0.1, -0.05) is 28.1 Å². The van der Waals surface area contributed by atoms with Crippen molar-refractivity contribution in [3.05, 3.63) is 68.2 Å². The van der Waals surface area contributed by atoms with Crippen molar-refractivity contribution >= 4 is 27.3 Å². The fourth-order valence-corrected chi connectivity index (χ4v) is 2.49. The molecule has 1 N–H and O–H groups in total. The summed E-state index contributed by atoms with van der Waals surface area (Å²) in [5.41, 5.74) is 3.15. The molecule has 4 nitrogen and oxygen atoms in total. The van der Waals surface area contributed by atoms with E-state index in [2.05, 4.69) is 21.2 Å². The molecule has 20 heavy (non-hydrogen) atoms. The highest BCUT2D eigenvalue weighted by atomic mass is 79.9. The normalized spacial score (nSPS) is 11.9. The van der Waals surface area contributed by atoms with Gasteiger partial charge in [0.2, 0.25) is 0 Å². The fourth-order valence-electron chi connectivity index (χ4n) is 2.01. The van der Waals surface area contributed by atoms with Gasteiger partial charge in [0.1, 0.15) is 0 Å². The maximum atomic E-state index is 10.8. The van der Waals surface area contributed by atoms with Gasteiger partial charge in [-0.3, -0.25) is 10.1 Å². The molecule has 0 radical (unpaired) electrons. The van der Waals surface area contributed by atoms with E-state index < -0.39 is 0 Å². The zero-order chi connectivity index (χ0) is 14.7. The van der Waals surface area contributed by atoms with E-state index in [0.29, 0.717) is 0 Å². The predicted octanol–water partition coefficient (Wildman–Crippen LogP) is 4.84. The number of nitro groups is 1. The molecule has 0 fully saturated rings. The smallest absolute Gasteiger partial charge is 0.269 e. The molecule has 0 saturated carbocycles. The third kappa shape index (κ3) is 3.36. The molecule has 0 bridgehead atoms. The number of nitrogens with zero attached hydrogens (tertiary/aromatic N) is 1. The van der Waals surface area contributed by atoms with Crippen molar-refractivity contribution < 1.29 is 4.92 Å². The van der Waals surface area contributed by atoms with Crippen LogP contribution in [0, 0.1) is 17.0 Å². The van der Waals surface area contributed by atoms with E-state index in [0.717, 1.165) is 21.3 Å². The summed E-state index contributed by atoms with van der Waals surface area (Å²) < 4.78 is 1.03. The van der Waals surface area contributed by atoms with Gasteiger partial charge in [0.25, 0.3) is 5.69 Å². The molecule has 0 spiro atoms. The first-order chi connectivity index (χ1) is 9.47. The molecule has 0 aliphatic carbocycles. The molecule has 5 heteroatoms. The Balaban J connectivity index is 2.21. The van der Waals surface area contributed by atoms with Crippen molar-refractivity contribution in [2.45, 2.75) is 19.9 Å². The standard InChI is InChI=1S/C15H15BrN2O2/c1-10-8-13(16)6-7-15(10)17-11(2)12-4-3-5-14(9-12)18(19)20/h3-9,11,17H,1-2H3. The first-order valence-electron chi connectivity index (χ1n) is 6.24. The lowest BCUT2D eigenvalue weighted by molar-refractivity contribution is -0.384. The van der Waals surface area contributed by atoms with Crippen LogP contribution in [0.15, 0.2) is 46.9 Å². The third-order valence-corrected chi connectivity index (χ3v) is 3.63. The molecule has 104 valence electrons. The van der Waals surface area contributed by atoms with E-state index in [-0.39, 0.29) is 16.7 Å². The Morgan fingerprint density at radius 2 is 2.00 bits per heavy atom. The molecule has 0 aliphatic heterocycles. The zero-order valence-electron chi connectivity index (χ0n) is 11.3. The predicted molar refractivity (Wildman–Crippen MR) is 84.0 cm³/mol. The number of nitrogens with one attached hydrogen (secondary N) is 1. The Labute approximate surface area is 126 Å². The van der Waals surface area contributed by atoms with Gasteiger partial charge in [0.05, 0.1) is 4.92 Å². The van der Waals surface area contributed by atoms with Crippen LogP contribution in [-0.2, 0) is 0 Å². The Morgan fingerprint density at radius 1 is 1.25 bits per heavy atom. The summed E-state index contributed by atoms with van der Waals surface area (Å²) in [6.45, 7) is 4.01. The number of nitro benzene ring substituents is 1. The van der Waals surface area contributed by atoms with Crippen molar-refractivity contribution in [1.29, 1.82) is 0 Å². The summed E-state index contributed by atoms with van der Waals surface area (Å²) >= 11 is 3.43. The van der Waals surface area contributed by atoms with Crippen molar-refractivity contribution in [3.8, 4) is 0 Å². The minimum absolute atomic E-state index is 0.00484. The molecular weight excluding hydrogens is 320 g/mol. The Bertz CT molecular complexity index is 644. The lowest BCUT2D eigenvalue weighted by Gasteiger charge is -2.17. The SMILES string of the molecule is Cc1cc(Br)ccc1NC(C)c1cccc([N+](=O)[O-])c1. The number of hydrogen-bond acceptors (Lipinski definition) is 3. The highest BCUT2D eigenvalue weighted by molar-refractivity contribution is 9.10. The summed E-state index contributed by atoms with van der Waals surface area (Å²) in [6.07, 6.45) is 0. The lowest BCUT2D eigenvalue weighted by Crippen LogP contribution is -2.08. The monoisotopic (exact) mass is 334 g/mol. The summed E-state index contributed by atoms with van der Waals surface area (Å²) in [7, 11) is 0.